The van der Waals surface area contributed by atoms with E-state index in [0.29, 0.717) is 0 Å². The first-order valence-corrected chi connectivity index (χ1v) is 8.31. The van der Waals surface area contributed by atoms with Gasteiger partial charge in [0.15, 0.2) is 0 Å². The Hall–Kier alpha value is -2.62. The normalized spacial score (nSPS) is 17.4. The maximum absolute atomic E-state index is 12.6. The van der Waals surface area contributed by atoms with Gasteiger partial charge in [0, 0.05) is 44.8 Å². The van der Waals surface area contributed by atoms with E-state index in [1.54, 1.807) is 18.5 Å². The molecule has 1 aromatic heterocycles. The number of likely N-dealkylation sites (tertiary alicyclic amines) is 1. The largest absolute Gasteiger partial charge is 0.378 e. The van der Waals surface area contributed by atoms with Crippen LogP contribution in [0.2, 0.25) is 0 Å². The van der Waals surface area contributed by atoms with Gasteiger partial charge >= 0.3 is 0 Å². The molecule has 0 N–H and O–H groups in total. The lowest BCUT2D eigenvalue weighted by molar-refractivity contribution is -0.126. The minimum Gasteiger partial charge on any atom is -0.378 e. The first-order chi connectivity index (χ1) is 11.6. The fraction of sp³-hybridized carbons (Fsp3) is 0.300. The number of aromatic nitrogens is 1. The molecule has 1 atom stereocenters. The smallest absolute Gasteiger partial charge is 0.247 e. The summed E-state index contributed by atoms with van der Waals surface area (Å²) < 4.78 is 0. The molecule has 1 unspecified atom stereocenters. The van der Waals surface area contributed by atoms with Crippen molar-refractivity contribution in [2.24, 2.45) is 0 Å². The predicted molar refractivity (Wildman–Crippen MR) is 97.7 cm³/mol. The Kier molecular flexibility index (Phi) is 4.94. The van der Waals surface area contributed by atoms with Gasteiger partial charge in [-0.25, -0.2) is 0 Å². The lowest BCUT2D eigenvalue weighted by Gasteiger charge is -2.23. The SMILES string of the molecule is CN(C)c1ccc(/C=C/C(=O)N2CCCC2c2ccncc2)cc1. The van der Waals surface area contributed by atoms with Crippen molar-refractivity contribution in [2.45, 2.75) is 18.9 Å². The molecule has 0 radical (unpaired) electrons. The van der Waals surface area contributed by atoms with Crippen LogP contribution in [0.5, 0.6) is 0 Å². The molecule has 4 nitrogen and oxygen atoms in total. The van der Waals surface area contributed by atoms with Crippen LogP contribution in [0.25, 0.3) is 6.08 Å². The molecule has 1 aromatic carbocycles. The highest BCUT2D eigenvalue weighted by molar-refractivity contribution is 5.92. The molecule has 0 saturated carbocycles. The van der Waals surface area contributed by atoms with Crippen LogP contribution in [0.4, 0.5) is 5.69 Å². The molecular formula is C20H23N3O. The summed E-state index contributed by atoms with van der Waals surface area (Å²) in [6, 6.07) is 12.3. The standard InChI is InChI=1S/C20H23N3O/c1-22(2)18-8-5-16(6-9-18)7-10-20(24)23-15-3-4-19(23)17-11-13-21-14-12-17/h5-14,19H,3-4,15H2,1-2H3/b10-7+. The van der Waals surface area contributed by atoms with Gasteiger partial charge in [0.05, 0.1) is 6.04 Å². The molecule has 0 bridgehead atoms. The molecule has 1 saturated heterocycles. The Morgan fingerprint density at radius 1 is 1.17 bits per heavy atom. The summed E-state index contributed by atoms with van der Waals surface area (Å²) in [4.78, 5) is 20.7. The number of rotatable bonds is 4. The van der Waals surface area contributed by atoms with Crippen LogP contribution < -0.4 is 4.90 Å². The topological polar surface area (TPSA) is 36.4 Å². The summed E-state index contributed by atoms with van der Waals surface area (Å²) in [5.41, 5.74) is 3.35. The number of hydrogen-bond acceptors (Lipinski definition) is 3. The van der Waals surface area contributed by atoms with Gasteiger partial charge in [0.1, 0.15) is 0 Å². The highest BCUT2D eigenvalue weighted by atomic mass is 16.2. The summed E-state index contributed by atoms with van der Waals surface area (Å²) in [6.07, 6.45) is 9.22. The Balaban J connectivity index is 1.69. The second kappa shape index (κ2) is 7.30. The lowest BCUT2D eigenvalue weighted by atomic mass is 10.1. The summed E-state index contributed by atoms with van der Waals surface area (Å²) >= 11 is 0. The Morgan fingerprint density at radius 2 is 1.88 bits per heavy atom. The molecule has 3 rings (SSSR count). The van der Waals surface area contributed by atoms with Gasteiger partial charge < -0.3 is 9.80 Å². The van der Waals surface area contributed by atoms with Crippen molar-refractivity contribution in [3.05, 3.63) is 66.0 Å². The van der Waals surface area contributed by atoms with Gasteiger partial charge in [-0.1, -0.05) is 12.1 Å². The molecule has 2 heterocycles. The zero-order valence-electron chi connectivity index (χ0n) is 14.2. The van der Waals surface area contributed by atoms with Crippen LogP contribution in [0, 0.1) is 0 Å². The van der Waals surface area contributed by atoms with Crippen LogP contribution in [0.1, 0.15) is 30.0 Å². The first kappa shape index (κ1) is 16.2. The third-order valence-electron chi connectivity index (χ3n) is 4.45. The average molecular weight is 321 g/mol. The van der Waals surface area contributed by atoms with Gasteiger partial charge in [0.25, 0.3) is 0 Å². The molecule has 1 aliphatic heterocycles. The molecule has 1 amide bonds. The number of benzene rings is 1. The second-order valence-corrected chi connectivity index (χ2v) is 6.29. The molecule has 24 heavy (non-hydrogen) atoms. The summed E-state index contributed by atoms with van der Waals surface area (Å²) in [7, 11) is 4.03. The molecule has 1 fully saturated rings. The van der Waals surface area contributed by atoms with Crippen molar-refractivity contribution in [3.63, 3.8) is 0 Å². The molecule has 2 aromatic rings. The lowest BCUT2D eigenvalue weighted by Crippen LogP contribution is -2.28. The number of nitrogens with zero attached hydrogens (tertiary/aromatic N) is 3. The Bertz CT molecular complexity index is 707. The highest BCUT2D eigenvalue weighted by Gasteiger charge is 2.28. The van der Waals surface area contributed by atoms with E-state index in [0.717, 1.165) is 30.6 Å². The van der Waals surface area contributed by atoms with Crippen molar-refractivity contribution >= 4 is 17.7 Å². The molecule has 4 heteroatoms. The van der Waals surface area contributed by atoms with E-state index < -0.39 is 0 Å². The van der Waals surface area contributed by atoms with Crippen LogP contribution >= 0.6 is 0 Å². The Morgan fingerprint density at radius 3 is 2.54 bits per heavy atom. The number of carbonyl (C=O) groups is 1. The van der Waals surface area contributed by atoms with E-state index in [4.69, 9.17) is 0 Å². The maximum atomic E-state index is 12.6. The third-order valence-corrected chi connectivity index (χ3v) is 4.45. The monoisotopic (exact) mass is 321 g/mol. The summed E-state index contributed by atoms with van der Waals surface area (Å²) in [6.45, 7) is 0.815. The predicted octanol–water partition coefficient (Wildman–Crippen LogP) is 3.52. The molecule has 124 valence electrons. The van der Waals surface area contributed by atoms with Gasteiger partial charge in [0.2, 0.25) is 5.91 Å². The van der Waals surface area contributed by atoms with E-state index in [1.807, 2.05) is 49.3 Å². The van der Waals surface area contributed by atoms with Crippen molar-refractivity contribution in [3.8, 4) is 0 Å². The number of amides is 1. The van der Waals surface area contributed by atoms with Crippen molar-refractivity contribution in [1.82, 2.24) is 9.88 Å². The average Bonchev–Trinajstić information content (AvgIpc) is 3.10. The van der Waals surface area contributed by atoms with Crippen LogP contribution in [-0.2, 0) is 4.79 Å². The summed E-state index contributed by atoms with van der Waals surface area (Å²) in [5, 5.41) is 0. The van der Waals surface area contributed by atoms with E-state index in [2.05, 4.69) is 22.0 Å². The minimum absolute atomic E-state index is 0.0750. The van der Waals surface area contributed by atoms with Crippen LogP contribution in [0.15, 0.2) is 54.9 Å². The van der Waals surface area contributed by atoms with Crippen LogP contribution in [-0.4, -0.2) is 36.4 Å². The van der Waals surface area contributed by atoms with Crippen molar-refractivity contribution in [1.29, 1.82) is 0 Å². The van der Waals surface area contributed by atoms with Gasteiger partial charge in [-0.15, -0.1) is 0 Å². The quantitative estimate of drug-likeness (QED) is 0.808. The number of pyridine rings is 1. The zero-order chi connectivity index (χ0) is 16.9. The van der Waals surface area contributed by atoms with Gasteiger partial charge in [-0.3, -0.25) is 9.78 Å². The first-order valence-electron chi connectivity index (χ1n) is 8.31. The zero-order valence-corrected chi connectivity index (χ0v) is 14.2. The number of carbonyl (C=O) groups excluding carboxylic acids is 1. The molecular weight excluding hydrogens is 298 g/mol. The van der Waals surface area contributed by atoms with Crippen LogP contribution in [0.3, 0.4) is 0 Å². The van der Waals surface area contributed by atoms with Gasteiger partial charge in [-0.2, -0.15) is 0 Å². The second-order valence-electron chi connectivity index (χ2n) is 6.29. The summed E-state index contributed by atoms with van der Waals surface area (Å²) in [5.74, 6) is 0.0750. The molecule has 1 aliphatic rings. The Labute approximate surface area is 143 Å². The van der Waals surface area contributed by atoms with Crippen molar-refractivity contribution in [2.75, 3.05) is 25.5 Å². The van der Waals surface area contributed by atoms with E-state index in [1.165, 1.54) is 5.56 Å². The maximum Gasteiger partial charge on any atom is 0.247 e. The third kappa shape index (κ3) is 3.65. The number of anilines is 1. The highest BCUT2D eigenvalue weighted by Crippen LogP contribution is 2.31. The van der Waals surface area contributed by atoms with E-state index in [-0.39, 0.29) is 11.9 Å². The van der Waals surface area contributed by atoms with Gasteiger partial charge in [-0.05, 0) is 54.3 Å². The molecule has 0 aliphatic carbocycles. The van der Waals surface area contributed by atoms with Crippen molar-refractivity contribution < 1.29 is 4.79 Å². The van der Waals surface area contributed by atoms with E-state index in [9.17, 15) is 4.79 Å². The minimum atomic E-state index is 0.0750. The fourth-order valence-electron chi connectivity index (χ4n) is 3.11. The fourth-order valence-corrected chi connectivity index (χ4v) is 3.11. The molecule has 0 spiro atoms. The number of hydrogen-bond donors (Lipinski definition) is 0. The van der Waals surface area contributed by atoms with E-state index >= 15 is 0 Å².